The third-order valence-corrected chi connectivity index (χ3v) is 2.67. The van der Waals surface area contributed by atoms with Crippen LogP contribution in [-0.2, 0) is 9.53 Å². The average molecular weight is 240 g/mol. The second kappa shape index (κ2) is 4.53. The molecule has 1 aliphatic heterocycles. The minimum Gasteiger partial charge on any atom is -0.446 e. The molecule has 1 heterocycles. The van der Waals surface area contributed by atoms with Crippen molar-refractivity contribution < 1.29 is 14.3 Å². The summed E-state index contributed by atoms with van der Waals surface area (Å²) in [7, 11) is 0. The number of amides is 2. The van der Waals surface area contributed by atoms with Crippen molar-refractivity contribution in [2.24, 2.45) is 0 Å². The van der Waals surface area contributed by atoms with Gasteiger partial charge in [-0.25, -0.2) is 9.69 Å². The molecule has 0 N–H and O–H groups in total. The van der Waals surface area contributed by atoms with Crippen molar-refractivity contribution in [3.63, 3.8) is 0 Å². The Labute approximate surface area is 97.7 Å². The van der Waals surface area contributed by atoms with Gasteiger partial charge in [-0.15, -0.1) is 11.6 Å². The van der Waals surface area contributed by atoms with Gasteiger partial charge in [-0.05, 0) is 5.56 Å². The van der Waals surface area contributed by atoms with Crippen molar-refractivity contribution in [3.05, 3.63) is 35.9 Å². The second-order valence-corrected chi connectivity index (χ2v) is 3.67. The number of benzene rings is 1. The van der Waals surface area contributed by atoms with E-state index in [1.54, 1.807) is 0 Å². The molecule has 0 bridgehead atoms. The minimum absolute atomic E-state index is 0.186. The summed E-state index contributed by atoms with van der Waals surface area (Å²) < 4.78 is 4.86. The molecule has 1 aromatic carbocycles. The van der Waals surface area contributed by atoms with Crippen LogP contribution in [0.1, 0.15) is 11.6 Å². The first-order valence-electron chi connectivity index (χ1n) is 4.83. The van der Waals surface area contributed by atoms with E-state index in [9.17, 15) is 9.59 Å². The lowest BCUT2D eigenvalue weighted by molar-refractivity contribution is -0.126. The topological polar surface area (TPSA) is 46.6 Å². The highest BCUT2D eigenvalue weighted by molar-refractivity contribution is 6.28. The monoisotopic (exact) mass is 239 g/mol. The molecule has 1 aliphatic rings. The summed E-state index contributed by atoms with van der Waals surface area (Å²) in [6.45, 7) is 0.186. The lowest BCUT2D eigenvalue weighted by atomic mass is 10.1. The molecule has 0 radical (unpaired) electrons. The molecule has 84 valence electrons. The highest BCUT2D eigenvalue weighted by Crippen LogP contribution is 2.27. The van der Waals surface area contributed by atoms with Gasteiger partial charge in [0.1, 0.15) is 18.5 Å². The van der Waals surface area contributed by atoms with Gasteiger partial charge in [0.05, 0.1) is 0 Å². The maximum absolute atomic E-state index is 11.5. The quantitative estimate of drug-likeness (QED) is 0.741. The van der Waals surface area contributed by atoms with Crippen LogP contribution in [0.4, 0.5) is 4.79 Å². The number of carbonyl (C=O) groups excluding carboxylic acids is 2. The summed E-state index contributed by atoms with van der Waals surface area (Å²) in [5.41, 5.74) is 0.867. The Kier molecular flexibility index (Phi) is 3.10. The van der Waals surface area contributed by atoms with Gasteiger partial charge in [0, 0.05) is 0 Å². The average Bonchev–Trinajstić information content (AvgIpc) is 2.71. The number of hydrogen-bond donors (Lipinski definition) is 0. The standard InChI is InChI=1S/C11H10ClNO3/c12-6-10(14)13-9(7-16-11(13)15)8-4-2-1-3-5-8/h1-5,9H,6-7H2/t9-/m1/s1. The number of imide groups is 1. The molecule has 1 saturated heterocycles. The summed E-state index contributed by atoms with van der Waals surface area (Å²) in [5, 5.41) is 0. The highest BCUT2D eigenvalue weighted by Gasteiger charge is 2.38. The molecule has 1 atom stereocenters. The van der Waals surface area contributed by atoms with Crippen molar-refractivity contribution >= 4 is 23.6 Å². The van der Waals surface area contributed by atoms with E-state index in [1.165, 1.54) is 0 Å². The Hall–Kier alpha value is -1.55. The molecule has 2 amide bonds. The third-order valence-electron chi connectivity index (χ3n) is 2.44. The number of rotatable bonds is 2. The van der Waals surface area contributed by atoms with Crippen LogP contribution in [0.15, 0.2) is 30.3 Å². The fourth-order valence-corrected chi connectivity index (χ4v) is 1.81. The van der Waals surface area contributed by atoms with E-state index in [0.717, 1.165) is 10.5 Å². The molecule has 1 fully saturated rings. The van der Waals surface area contributed by atoms with Gasteiger partial charge in [0.25, 0.3) is 0 Å². The Morgan fingerprint density at radius 2 is 2.12 bits per heavy atom. The van der Waals surface area contributed by atoms with Crippen LogP contribution in [0.25, 0.3) is 0 Å². The molecule has 0 unspecified atom stereocenters. The largest absolute Gasteiger partial charge is 0.446 e. The van der Waals surface area contributed by atoms with E-state index in [0.29, 0.717) is 0 Å². The molecule has 0 aromatic heterocycles. The van der Waals surface area contributed by atoms with Gasteiger partial charge < -0.3 is 4.74 Å². The molecule has 0 aliphatic carbocycles. The van der Waals surface area contributed by atoms with Gasteiger partial charge in [-0.1, -0.05) is 30.3 Å². The number of alkyl halides is 1. The molecule has 0 saturated carbocycles. The zero-order valence-corrected chi connectivity index (χ0v) is 9.18. The Morgan fingerprint density at radius 3 is 2.75 bits per heavy atom. The molecular formula is C11H10ClNO3. The maximum atomic E-state index is 11.5. The fourth-order valence-electron chi connectivity index (χ4n) is 1.68. The van der Waals surface area contributed by atoms with Crippen molar-refractivity contribution in [3.8, 4) is 0 Å². The van der Waals surface area contributed by atoms with Crippen molar-refractivity contribution in [1.82, 2.24) is 4.90 Å². The smallest absolute Gasteiger partial charge is 0.417 e. The molecule has 4 nitrogen and oxygen atoms in total. The van der Waals surface area contributed by atoms with Crippen LogP contribution in [0, 0.1) is 0 Å². The number of ether oxygens (including phenoxy) is 1. The predicted octanol–water partition coefficient (Wildman–Crippen LogP) is 1.95. The van der Waals surface area contributed by atoms with E-state index in [1.807, 2.05) is 30.3 Å². The van der Waals surface area contributed by atoms with Gasteiger partial charge >= 0.3 is 6.09 Å². The Morgan fingerprint density at radius 1 is 1.44 bits per heavy atom. The van der Waals surface area contributed by atoms with Crippen LogP contribution >= 0.6 is 11.6 Å². The molecular weight excluding hydrogens is 230 g/mol. The summed E-state index contributed by atoms with van der Waals surface area (Å²) >= 11 is 5.45. The molecule has 2 rings (SSSR count). The lowest BCUT2D eigenvalue weighted by Gasteiger charge is -2.18. The Bertz CT molecular complexity index is 407. The zero-order valence-electron chi connectivity index (χ0n) is 8.43. The maximum Gasteiger partial charge on any atom is 0.417 e. The summed E-state index contributed by atoms with van der Waals surface area (Å²) in [4.78, 5) is 24.0. The zero-order chi connectivity index (χ0) is 11.5. The van der Waals surface area contributed by atoms with E-state index in [4.69, 9.17) is 16.3 Å². The first kappa shape index (κ1) is 11.0. The van der Waals surface area contributed by atoms with E-state index < -0.39 is 12.0 Å². The van der Waals surface area contributed by atoms with Gasteiger partial charge in [0.2, 0.25) is 5.91 Å². The molecule has 16 heavy (non-hydrogen) atoms. The normalized spacial score (nSPS) is 19.7. The number of nitrogens with zero attached hydrogens (tertiary/aromatic N) is 1. The lowest BCUT2D eigenvalue weighted by Crippen LogP contribution is -2.34. The molecule has 5 heteroatoms. The van der Waals surface area contributed by atoms with E-state index in [-0.39, 0.29) is 18.5 Å². The third kappa shape index (κ3) is 1.88. The van der Waals surface area contributed by atoms with Crippen LogP contribution in [-0.4, -0.2) is 29.4 Å². The fraction of sp³-hybridized carbons (Fsp3) is 0.273. The van der Waals surface area contributed by atoms with Crippen molar-refractivity contribution in [2.45, 2.75) is 6.04 Å². The summed E-state index contributed by atoms with van der Waals surface area (Å²) in [5.74, 6) is -0.656. The van der Waals surface area contributed by atoms with Crippen LogP contribution in [0.2, 0.25) is 0 Å². The number of carbonyl (C=O) groups is 2. The number of hydrogen-bond acceptors (Lipinski definition) is 3. The Balaban J connectivity index is 2.28. The van der Waals surface area contributed by atoms with Gasteiger partial charge in [0.15, 0.2) is 0 Å². The first-order chi connectivity index (χ1) is 7.74. The van der Waals surface area contributed by atoms with Crippen molar-refractivity contribution in [2.75, 3.05) is 12.5 Å². The van der Waals surface area contributed by atoms with Gasteiger partial charge in [-0.3, -0.25) is 4.79 Å². The van der Waals surface area contributed by atoms with E-state index >= 15 is 0 Å². The minimum atomic E-state index is -0.625. The molecule has 0 spiro atoms. The van der Waals surface area contributed by atoms with E-state index in [2.05, 4.69) is 0 Å². The van der Waals surface area contributed by atoms with Gasteiger partial charge in [-0.2, -0.15) is 0 Å². The van der Waals surface area contributed by atoms with Crippen molar-refractivity contribution in [1.29, 1.82) is 0 Å². The SMILES string of the molecule is O=C(CCl)N1C(=O)OC[C@@H]1c1ccccc1. The number of halogens is 1. The van der Waals surface area contributed by atoms with Crippen LogP contribution in [0.3, 0.4) is 0 Å². The van der Waals surface area contributed by atoms with Crippen LogP contribution < -0.4 is 0 Å². The molecule has 1 aromatic rings. The summed E-state index contributed by atoms with van der Waals surface area (Å²) in [6, 6.07) is 8.90. The van der Waals surface area contributed by atoms with Crippen LogP contribution in [0.5, 0.6) is 0 Å². The predicted molar refractivity (Wildman–Crippen MR) is 58.1 cm³/mol. The first-order valence-corrected chi connectivity index (χ1v) is 5.37. The highest BCUT2D eigenvalue weighted by atomic mass is 35.5. The summed E-state index contributed by atoms with van der Waals surface area (Å²) in [6.07, 6.45) is -0.625. The number of cyclic esters (lactones) is 1. The second-order valence-electron chi connectivity index (χ2n) is 3.40.